The minimum atomic E-state index is -1.29. The number of benzene rings is 1. The number of alkyl carbamates (subject to hydrolysis) is 1. The molecule has 0 unspecified atom stereocenters. The highest BCUT2D eigenvalue weighted by Crippen LogP contribution is 2.28. The Morgan fingerprint density at radius 3 is 2.54 bits per heavy atom. The predicted molar refractivity (Wildman–Crippen MR) is 136 cm³/mol. The summed E-state index contributed by atoms with van der Waals surface area (Å²) in [6.07, 6.45) is -1.43. The topological polar surface area (TPSA) is 146 Å². The number of hydrogen-bond donors (Lipinski definition) is 3. The van der Waals surface area contributed by atoms with Gasteiger partial charge in [-0.3, -0.25) is 19.3 Å². The van der Waals surface area contributed by atoms with Crippen molar-refractivity contribution in [3.8, 4) is 0 Å². The van der Waals surface area contributed by atoms with Gasteiger partial charge in [0.05, 0.1) is 13.1 Å². The molecule has 13 heteroatoms. The average Bonchev–Trinajstić information content (AvgIpc) is 3.50. The zero-order valence-electron chi connectivity index (χ0n) is 22.4. The molecule has 2 heterocycles. The van der Waals surface area contributed by atoms with Crippen LogP contribution in [0.2, 0.25) is 0 Å². The Kier molecular flexibility index (Phi) is 9.15. The first-order chi connectivity index (χ1) is 18.3. The smallest absolute Gasteiger partial charge is 0.410 e. The van der Waals surface area contributed by atoms with Crippen LogP contribution >= 0.6 is 0 Å². The third-order valence-corrected chi connectivity index (χ3v) is 6.20. The van der Waals surface area contributed by atoms with Crippen molar-refractivity contribution < 1.29 is 37.8 Å². The maximum Gasteiger partial charge on any atom is 0.410 e. The van der Waals surface area contributed by atoms with Gasteiger partial charge in [0.2, 0.25) is 17.7 Å². The number of fused-ring (bicyclic) bond motifs is 1. The fourth-order valence-electron chi connectivity index (χ4n) is 4.39. The number of carbonyl (C=O) groups is 5. The molecule has 0 spiro atoms. The van der Waals surface area contributed by atoms with Crippen LogP contribution in [0.3, 0.4) is 0 Å². The molecule has 1 saturated heterocycles. The summed E-state index contributed by atoms with van der Waals surface area (Å²) in [6.45, 7) is 8.08. The number of nitrogens with zero attached hydrogens (tertiary/aromatic N) is 2. The summed E-state index contributed by atoms with van der Waals surface area (Å²) in [5, 5.41) is 7.39. The number of likely N-dealkylation sites (N-methyl/N-ethyl adjacent to an activating group) is 1. The van der Waals surface area contributed by atoms with Crippen molar-refractivity contribution in [1.29, 1.82) is 0 Å². The van der Waals surface area contributed by atoms with Gasteiger partial charge < -0.3 is 30.3 Å². The van der Waals surface area contributed by atoms with Crippen LogP contribution in [-0.4, -0.2) is 83.6 Å². The number of nitrogens with one attached hydrogen (secondary N) is 3. The molecule has 0 radical (unpaired) electrons. The van der Waals surface area contributed by atoms with Gasteiger partial charge in [-0.05, 0) is 38.5 Å². The van der Waals surface area contributed by atoms with Crippen LogP contribution in [0.25, 0.3) is 0 Å². The van der Waals surface area contributed by atoms with Gasteiger partial charge in [-0.25, -0.2) is 14.0 Å². The van der Waals surface area contributed by atoms with Gasteiger partial charge >= 0.3 is 12.2 Å². The summed E-state index contributed by atoms with van der Waals surface area (Å²) >= 11 is 0. The molecule has 0 aliphatic carbocycles. The molecule has 2 aliphatic heterocycles. The molecule has 0 saturated carbocycles. The van der Waals surface area contributed by atoms with Crippen molar-refractivity contribution in [2.75, 3.05) is 20.1 Å². The van der Waals surface area contributed by atoms with E-state index in [4.69, 9.17) is 9.47 Å². The van der Waals surface area contributed by atoms with E-state index >= 15 is 0 Å². The summed E-state index contributed by atoms with van der Waals surface area (Å²) in [4.78, 5) is 65.8. The highest BCUT2D eigenvalue weighted by atomic mass is 19.1. The first-order valence-corrected chi connectivity index (χ1v) is 12.5. The molecule has 3 N–H and O–H groups in total. The van der Waals surface area contributed by atoms with Crippen molar-refractivity contribution in [2.45, 2.75) is 64.1 Å². The van der Waals surface area contributed by atoms with Crippen LogP contribution in [0, 0.1) is 5.82 Å². The second-order valence-corrected chi connectivity index (χ2v) is 10.2. The van der Waals surface area contributed by atoms with Crippen LogP contribution in [0.4, 0.5) is 14.0 Å². The second-order valence-electron chi connectivity index (χ2n) is 10.2. The molecule has 1 fully saturated rings. The van der Waals surface area contributed by atoms with Crippen LogP contribution in [0.15, 0.2) is 30.9 Å². The van der Waals surface area contributed by atoms with Gasteiger partial charge in [0, 0.05) is 32.1 Å². The number of ether oxygens (including phenoxy) is 2. The Bertz CT molecular complexity index is 1150. The molecule has 0 aromatic heterocycles. The maximum absolute atomic E-state index is 14.1. The van der Waals surface area contributed by atoms with E-state index in [0.717, 1.165) is 6.08 Å². The zero-order valence-corrected chi connectivity index (χ0v) is 22.4. The van der Waals surface area contributed by atoms with Crippen molar-refractivity contribution >= 4 is 29.9 Å². The summed E-state index contributed by atoms with van der Waals surface area (Å²) < 4.78 is 25.0. The van der Waals surface area contributed by atoms with Crippen LogP contribution in [0.5, 0.6) is 0 Å². The van der Waals surface area contributed by atoms with E-state index in [-0.39, 0.29) is 32.6 Å². The molecular weight excluding hydrogens is 513 g/mol. The summed E-state index contributed by atoms with van der Waals surface area (Å²) in [7, 11) is 1.40. The lowest BCUT2D eigenvalue weighted by molar-refractivity contribution is -0.140. The molecule has 2 aliphatic rings. The van der Waals surface area contributed by atoms with Crippen LogP contribution in [-0.2, 0) is 36.9 Å². The molecule has 1 aromatic carbocycles. The molecule has 3 rings (SSSR count). The maximum atomic E-state index is 14.1. The molecule has 39 heavy (non-hydrogen) atoms. The Hall–Kier alpha value is -4.16. The normalized spacial score (nSPS) is 19.0. The van der Waals surface area contributed by atoms with Gasteiger partial charge in [-0.15, -0.1) is 0 Å². The van der Waals surface area contributed by atoms with Gasteiger partial charge in [-0.1, -0.05) is 18.7 Å². The number of carbonyl (C=O) groups excluding carboxylic acids is 5. The van der Waals surface area contributed by atoms with E-state index in [1.807, 2.05) is 0 Å². The van der Waals surface area contributed by atoms with Crippen molar-refractivity contribution in [3.05, 3.63) is 47.8 Å². The third-order valence-electron chi connectivity index (χ3n) is 6.20. The Morgan fingerprint density at radius 2 is 1.92 bits per heavy atom. The predicted octanol–water partition coefficient (Wildman–Crippen LogP) is 1.19. The average molecular weight is 548 g/mol. The monoisotopic (exact) mass is 547 g/mol. The molecule has 5 amide bonds. The minimum Gasteiger partial charge on any atom is -0.444 e. The van der Waals surface area contributed by atoms with E-state index in [0.29, 0.717) is 11.1 Å². The van der Waals surface area contributed by atoms with E-state index < -0.39 is 59.5 Å². The lowest BCUT2D eigenvalue weighted by atomic mass is 10.1. The Labute approximate surface area is 225 Å². The van der Waals surface area contributed by atoms with E-state index in [1.54, 1.807) is 32.9 Å². The Morgan fingerprint density at radius 1 is 1.21 bits per heavy atom. The quantitative estimate of drug-likeness (QED) is 0.435. The molecule has 0 bridgehead atoms. The highest BCUT2D eigenvalue weighted by Gasteiger charge is 2.44. The fourth-order valence-corrected chi connectivity index (χ4v) is 4.39. The fraction of sp³-hybridized carbons (Fsp3) is 0.500. The van der Waals surface area contributed by atoms with E-state index in [2.05, 4.69) is 22.5 Å². The van der Waals surface area contributed by atoms with Gasteiger partial charge in [0.25, 0.3) is 0 Å². The van der Waals surface area contributed by atoms with Crippen molar-refractivity contribution in [2.24, 2.45) is 0 Å². The number of hydrogen-bond acceptors (Lipinski definition) is 7. The third kappa shape index (κ3) is 7.45. The molecule has 212 valence electrons. The number of rotatable bonds is 7. The number of amides is 5. The molecule has 1 aromatic rings. The summed E-state index contributed by atoms with van der Waals surface area (Å²) in [6, 6.07) is 2.32. The van der Waals surface area contributed by atoms with Gasteiger partial charge in [-0.2, -0.15) is 0 Å². The number of likely N-dealkylation sites (tertiary alicyclic amines) is 1. The lowest BCUT2D eigenvalue weighted by Crippen LogP contribution is -2.57. The van der Waals surface area contributed by atoms with Crippen LogP contribution < -0.4 is 16.0 Å². The van der Waals surface area contributed by atoms with Crippen molar-refractivity contribution in [1.82, 2.24) is 25.8 Å². The summed E-state index contributed by atoms with van der Waals surface area (Å²) in [5.41, 5.74) is 0.243. The largest absolute Gasteiger partial charge is 0.444 e. The second kappa shape index (κ2) is 12.1. The van der Waals surface area contributed by atoms with Gasteiger partial charge in [0.1, 0.15) is 29.6 Å². The molecular formula is C26H34FN5O7. The number of halogens is 1. The van der Waals surface area contributed by atoms with E-state index in [1.165, 1.54) is 22.9 Å². The molecule has 3 atom stereocenters. The Balaban J connectivity index is 1.73. The first kappa shape index (κ1) is 29.4. The van der Waals surface area contributed by atoms with E-state index in [9.17, 15) is 28.4 Å². The zero-order chi connectivity index (χ0) is 28.9. The van der Waals surface area contributed by atoms with Gasteiger partial charge in [0.15, 0.2) is 0 Å². The molecule has 12 nitrogen and oxygen atoms in total. The standard InChI is InChI=1S/C26H34FN5O7/c1-6-21(33)29-11-19(30-24(36)39-26(2,3)4)23(35)32-13-16(10-20(32)22(34)28-5)38-25(37)31-12-15-8-7-9-18(27)17(15)14-31/h6-9,16,19-20H,1,10-14H2,2-5H3,(H,28,34)(H,29,33)(H,30,36)/t16-,19+,20+/m1/s1. The SMILES string of the molecule is C=CC(=O)NC[C@H](NC(=O)OC(C)(C)C)C(=O)N1C[C@H](OC(=O)N2Cc3cccc(F)c3C2)C[C@H]1C(=O)NC. The minimum absolute atomic E-state index is 0.00444. The first-order valence-electron chi connectivity index (χ1n) is 12.5. The lowest BCUT2D eigenvalue weighted by Gasteiger charge is -2.29. The van der Waals surface area contributed by atoms with Crippen molar-refractivity contribution in [3.63, 3.8) is 0 Å². The summed E-state index contributed by atoms with van der Waals surface area (Å²) in [5.74, 6) is -2.16. The highest BCUT2D eigenvalue weighted by molar-refractivity contribution is 5.93. The van der Waals surface area contributed by atoms with Crippen LogP contribution in [0.1, 0.15) is 38.3 Å².